The quantitative estimate of drug-likeness (QED) is 0.645. The standard InChI is InChI=1S/C8H14N2O3S/c1-6(4-9)5-10-7(11)8(2,3)14(10,12)13/h1,4-5,9H2,2-3H3. The molecule has 0 saturated carbocycles. The average molecular weight is 218 g/mol. The van der Waals surface area contributed by atoms with E-state index in [1.807, 2.05) is 0 Å². The van der Waals surface area contributed by atoms with Crippen LogP contribution in [0.5, 0.6) is 0 Å². The molecule has 0 unspecified atom stereocenters. The topological polar surface area (TPSA) is 80.5 Å². The average Bonchev–Trinajstić information content (AvgIpc) is 2.12. The van der Waals surface area contributed by atoms with Gasteiger partial charge in [0.25, 0.3) is 15.9 Å². The molecular weight excluding hydrogens is 204 g/mol. The van der Waals surface area contributed by atoms with Crippen molar-refractivity contribution in [2.45, 2.75) is 18.6 Å². The fourth-order valence-electron chi connectivity index (χ4n) is 1.18. The summed E-state index contributed by atoms with van der Waals surface area (Å²) in [6.07, 6.45) is 0. The summed E-state index contributed by atoms with van der Waals surface area (Å²) in [5.41, 5.74) is 5.79. The van der Waals surface area contributed by atoms with Crippen molar-refractivity contribution < 1.29 is 13.2 Å². The molecule has 1 rings (SSSR count). The first-order valence-corrected chi connectivity index (χ1v) is 5.62. The van der Waals surface area contributed by atoms with Gasteiger partial charge in [-0.25, -0.2) is 12.7 Å². The Balaban J connectivity index is 2.87. The first-order valence-electron chi connectivity index (χ1n) is 4.18. The Labute approximate surface area is 83.6 Å². The van der Waals surface area contributed by atoms with Crippen LogP contribution in [0.1, 0.15) is 13.8 Å². The maximum absolute atomic E-state index is 11.6. The number of nitrogens with two attached hydrogens (primary N) is 1. The van der Waals surface area contributed by atoms with Crippen molar-refractivity contribution >= 4 is 15.9 Å². The van der Waals surface area contributed by atoms with Gasteiger partial charge in [0.15, 0.2) is 4.75 Å². The molecule has 0 aromatic heterocycles. The van der Waals surface area contributed by atoms with Crippen LogP contribution in [-0.4, -0.2) is 36.5 Å². The van der Waals surface area contributed by atoms with Gasteiger partial charge in [0.1, 0.15) is 0 Å². The Morgan fingerprint density at radius 2 is 2.07 bits per heavy atom. The van der Waals surface area contributed by atoms with Gasteiger partial charge in [-0.05, 0) is 19.4 Å². The molecule has 80 valence electrons. The van der Waals surface area contributed by atoms with E-state index in [1.54, 1.807) is 0 Å². The lowest BCUT2D eigenvalue weighted by atomic mass is 10.1. The van der Waals surface area contributed by atoms with E-state index in [1.165, 1.54) is 13.8 Å². The van der Waals surface area contributed by atoms with Crippen LogP contribution in [-0.2, 0) is 14.8 Å². The molecule has 14 heavy (non-hydrogen) atoms. The van der Waals surface area contributed by atoms with Crippen molar-refractivity contribution in [3.05, 3.63) is 12.2 Å². The van der Waals surface area contributed by atoms with Crippen LogP contribution in [0.4, 0.5) is 0 Å². The molecule has 1 aliphatic rings. The van der Waals surface area contributed by atoms with E-state index in [9.17, 15) is 13.2 Å². The summed E-state index contributed by atoms with van der Waals surface area (Å²) in [5, 5.41) is 0. The zero-order valence-electron chi connectivity index (χ0n) is 8.28. The number of carbonyl (C=O) groups is 1. The molecule has 0 radical (unpaired) electrons. The summed E-state index contributed by atoms with van der Waals surface area (Å²) in [6.45, 7) is 6.53. The number of nitrogens with zero attached hydrogens (tertiary/aromatic N) is 1. The van der Waals surface area contributed by atoms with Crippen LogP contribution in [0.2, 0.25) is 0 Å². The molecule has 0 atom stereocenters. The lowest BCUT2D eigenvalue weighted by Crippen LogP contribution is -2.67. The number of sulfonamides is 1. The summed E-state index contributed by atoms with van der Waals surface area (Å²) in [5.74, 6) is -0.396. The molecule has 1 aliphatic heterocycles. The van der Waals surface area contributed by atoms with Crippen LogP contribution >= 0.6 is 0 Å². The molecule has 2 N–H and O–H groups in total. The highest BCUT2D eigenvalue weighted by Gasteiger charge is 2.59. The smallest absolute Gasteiger partial charge is 0.259 e. The van der Waals surface area contributed by atoms with Gasteiger partial charge in [-0.2, -0.15) is 0 Å². The predicted octanol–water partition coefficient (Wildman–Crippen LogP) is -0.548. The number of hydrogen-bond acceptors (Lipinski definition) is 4. The molecule has 1 amide bonds. The lowest BCUT2D eigenvalue weighted by Gasteiger charge is -2.43. The highest BCUT2D eigenvalue weighted by Crippen LogP contribution is 2.34. The van der Waals surface area contributed by atoms with Crippen molar-refractivity contribution in [3.63, 3.8) is 0 Å². The first-order chi connectivity index (χ1) is 6.25. The highest BCUT2D eigenvalue weighted by atomic mass is 32.2. The van der Waals surface area contributed by atoms with E-state index in [4.69, 9.17) is 5.73 Å². The van der Waals surface area contributed by atoms with E-state index in [2.05, 4.69) is 6.58 Å². The fraction of sp³-hybridized carbons (Fsp3) is 0.625. The van der Waals surface area contributed by atoms with Gasteiger partial charge in [-0.3, -0.25) is 4.79 Å². The maximum Gasteiger partial charge on any atom is 0.259 e. The highest BCUT2D eigenvalue weighted by molar-refractivity contribution is 7.94. The van der Waals surface area contributed by atoms with Gasteiger partial charge < -0.3 is 5.73 Å². The van der Waals surface area contributed by atoms with Crippen molar-refractivity contribution in [2.75, 3.05) is 13.1 Å². The van der Waals surface area contributed by atoms with Gasteiger partial charge in [0.2, 0.25) is 0 Å². The summed E-state index contributed by atoms with van der Waals surface area (Å²) < 4.78 is 22.6. The number of rotatable bonds is 3. The van der Waals surface area contributed by atoms with E-state index in [-0.39, 0.29) is 13.1 Å². The molecule has 0 aliphatic carbocycles. The Bertz CT molecular complexity index is 383. The molecule has 1 saturated heterocycles. The minimum Gasteiger partial charge on any atom is -0.327 e. The minimum absolute atomic E-state index is 0.00109. The van der Waals surface area contributed by atoms with Gasteiger partial charge in [0.05, 0.1) is 6.54 Å². The van der Waals surface area contributed by atoms with E-state index < -0.39 is 20.7 Å². The zero-order chi connectivity index (χ0) is 11.1. The van der Waals surface area contributed by atoms with E-state index in [0.717, 1.165) is 4.31 Å². The third-order valence-electron chi connectivity index (χ3n) is 2.33. The lowest BCUT2D eigenvalue weighted by molar-refractivity contribution is -0.131. The van der Waals surface area contributed by atoms with E-state index >= 15 is 0 Å². The molecule has 1 fully saturated rings. The second-order valence-corrected chi connectivity index (χ2v) is 6.19. The third-order valence-corrected chi connectivity index (χ3v) is 4.67. The largest absolute Gasteiger partial charge is 0.327 e. The second kappa shape index (κ2) is 3.06. The van der Waals surface area contributed by atoms with E-state index in [0.29, 0.717) is 5.57 Å². The van der Waals surface area contributed by atoms with Crippen molar-refractivity contribution in [1.82, 2.24) is 4.31 Å². The van der Waals surface area contributed by atoms with Gasteiger partial charge in [0, 0.05) is 6.54 Å². The number of carbonyl (C=O) groups excluding carboxylic acids is 1. The Hall–Kier alpha value is -0.880. The van der Waals surface area contributed by atoms with Gasteiger partial charge in [-0.1, -0.05) is 6.58 Å². The summed E-state index contributed by atoms with van der Waals surface area (Å²) >= 11 is 0. The molecule has 6 heteroatoms. The molecule has 0 bridgehead atoms. The van der Waals surface area contributed by atoms with Crippen LogP contribution in [0.25, 0.3) is 0 Å². The monoisotopic (exact) mass is 218 g/mol. The Morgan fingerprint density at radius 3 is 2.43 bits per heavy atom. The minimum atomic E-state index is -3.49. The Kier molecular flexibility index (Phi) is 2.45. The zero-order valence-corrected chi connectivity index (χ0v) is 9.10. The van der Waals surface area contributed by atoms with Crippen molar-refractivity contribution in [1.29, 1.82) is 0 Å². The number of hydrogen-bond donors (Lipinski definition) is 1. The first kappa shape index (κ1) is 11.2. The normalized spacial score (nSPS) is 23.1. The SMILES string of the molecule is C=C(CN)CN1C(=O)C(C)(C)S1(=O)=O. The predicted molar refractivity (Wildman–Crippen MR) is 52.9 cm³/mol. The number of amides is 1. The summed E-state index contributed by atoms with van der Waals surface area (Å²) in [4.78, 5) is 11.4. The van der Waals surface area contributed by atoms with Crippen LogP contribution in [0, 0.1) is 0 Å². The molecular formula is C8H14N2O3S. The fourth-order valence-corrected chi connectivity index (χ4v) is 2.73. The van der Waals surface area contributed by atoms with Crippen molar-refractivity contribution in [3.8, 4) is 0 Å². The molecule has 0 aromatic carbocycles. The Morgan fingerprint density at radius 1 is 1.57 bits per heavy atom. The van der Waals surface area contributed by atoms with Crippen LogP contribution in [0.3, 0.4) is 0 Å². The molecule has 0 aromatic rings. The van der Waals surface area contributed by atoms with Crippen molar-refractivity contribution in [2.24, 2.45) is 5.73 Å². The molecule has 1 heterocycles. The van der Waals surface area contributed by atoms with Gasteiger partial charge >= 0.3 is 0 Å². The maximum atomic E-state index is 11.6. The molecule has 0 spiro atoms. The van der Waals surface area contributed by atoms with Crippen LogP contribution in [0.15, 0.2) is 12.2 Å². The van der Waals surface area contributed by atoms with Crippen LogP contribution < -0.4 is 5.73 Å². The third kappa shape index (κ3) is 1.26. The summed E-state index contributed by atoms with van der Waals surface area (Å²) in [7, 11) is -3.49. The molecule has 5 nitrogen and oxygen atoms in total. The second-order valence-electron chi connectivity index (χ2n) is 3.78. The van der Waals surface area contributed by atoms with Gasteiger partial charge in [-0.15, -0.1) is 0 Å². The summed E-state index contributed by atoms with van der Waals surface area (Å²) in [6, 6.07) is 0.